The summed E-state index contributed by atoms with van der Waals surface area (Å²) in [6.07, 6.45) is -3.25. The van der Waals surface area contributed by atoms with Gasteiger partial charge in [-0.3, -0.25) is 4.79 Å². The van der Waals surface area contributed by atoms with Crippen molar-refractivity contribution in [3.05, 3.63) is 48.0 Å². The third-order valence-electron chi connectivity index (χ3n) is 2.92. The average molecular weight is 250 g/mol. The molecule has 0 aliphatic heterocycles. The number of carboxylic acids is 1. The zero-order valence-corrected chi connectivity index (χ0v) is 9.51. The van der Waals surface area contributed by atoms with Crippen LogP contribution in [0.25, 0.3) is 10.8 Å². The number of rotatable bonds is 4. The molecule has 0 aromatic heterocycles. The third-order valence-corrected chi connectivity index (χ3v) is 2.92. The fourth-order valence-electron chi connectivity index (χ4n) is 2.10. The van der Waals surface area contributed by atoms with E-state index in [9.17, 15) is 13.6 Å². The Balaban J connectivity index is 2.53. The highest BCUT2D eigenvalue weighted by molar-refractivity contribution is 5.86. The summed E-state index contributed by atoms with van der Waals surface area (Å²) in [5.74, 6) is -2.48. The van der Waals surface area contributed by atoms with Crippen LogP contribution in [0, 0.1) is 0 Å². The first kappa shape index (κ1) is 12.5. The van der Waals surface area contributed by atoms with Gasteiger partial charge in [-0.1, -0.05) is 42.5 Å². The molecule has 0 saturated carbocycles. The minimum atomic E-state index is -2.69. The van der Waals surface area contributed by atoms with Gasteiger partial charge in [-0.15, -0.1) is 0 Å². The first-order valence-corrected chi connectivity index (χ1v) is 5.57. The first-order valence-electron chi connectivity index (χ1n) is 5.57. The van der Waals surface area contributed by atoms with Gasteiger partial charge in [0.15, 0.2) is 0 Å². The summed E-state index contributed by atoms with van der Waals surface area (Å²) < 4.78 is 26.0. The van der Waals surface area contributed by atoms with Gasteiger partial charge >= 0.3 is 5.97 Å². The normalized spacial score (nSPS) is 12.8. The van der Waals surface area contributed by atoms with Gasteiger partial charge in [0, 0.05) is 0 Å². The van der Waals surface area contributed by atoms with Crippen LogP contribution in [0.3, 0.4) is 0 Å². The SMILES string of the molecule is O=C(O)CC(c1cccc2ccccc12)C(F)F. The number of carboxylic acid groups (broad SMARTS) is 1. The van der Waals surface area contributed by atoms with E-state index in [1.165, 1.54) is 0 Å². The quantitative estimate of drug-likeness (QED) is 0.899. The maximum Gasteiger partial charge on any atom is 0.304 e. The molecule has 94 valence electrons. The molecule has 2 aromatic carbocycles. The van der Waals surface area contributed by atoms with Crippen molar-refractivity contribution in [3.8, 4) is 0 Å². The van der Waals surface area contributed by atoms with Crippen molar-refractivity contribution in [1.29, 1.82) is 0 Å². The van der Waals surface area contributed by atoms with Gasteiger partial charge in [0.25, 0.3) is 0 Å². The lowest BCUT2D eigenvalue weighted by atomic mass is 9.91. The summed E-state index contributed by atoms with van der Waals surface area (Å²) in [5, 5.41) is 10.3. The Morgan fingerprint density at radius 3 is 2.44 bits per heavy atom. The largest absolute Gasteiger partial charge is 0.481 e. The van der Waals surface area contributed by atoms with Crippen molar-refractivity contribution < 1.29 is 18.7 Å². The second-order valence-electron chi connectivity index (χ2n) is 4.11. The van der Waals surface area contributed by atoms with Gasteiger partial charge in [-0.25, -0.2) is 8.78 Å². The highest BCUT2D eigenvalue weighted by Gasteiger charge is 2.26. The van der Waals surface area contributed by atoms with Crippen LogP contribution in [0.15, 0.2) is 42.5 Å². The Hall–Kier alpha value is -1.97. The second-order valence-corrected chi connectivity index (χ2v) is 4.11. The lowest BCUT2D eigenvalue weighted by molar-refractivity contribution is -0.138. The molecule has 0 saturated heterocycles. The second kappa shape index (κ2) is 5.12. The molecule has 4 heteroatoms. The van der Waals surface area contributed by atoms with Crippen molar-refractivity contribution in [2.24, 2.45) is 0 Å². The van der Waals surface area contributed by atoms with Crippen LogP contribution in [-0.4, -0.2) is 17.5 Å². The van der Waals surface area contributed by atoms with Crippen molar-refractivity contribution in [1.82, 2.24) is 0 Å². The maximum atomic E-state index is 13.0. The van der Waals surface area contributed by atoms with E-state index in [2.05, 4.69) is 0 Å². The van der Waals surface area contributed by atoms with E-state index >= 15 is 0 Å². The van der Waals surface area contributed by atoms with Gasteiger partial charge < -0.3 is 5.11 Å². The van der Waals surface area contributed by atoms with Gasteiger partial charge in [-0.05, 0) is 16.3 Å². The van der Waals surface area contributed by atoms with Crippen molar-refractivity contribution in [3.63, 3.8) is 0 Å². The molecular formula is C14H12F2O2. The number of fused-ring (bicyclic) bond motifs is 1. The summed E-state index contributed by atoms with van der Waals surface area (Å²) in [6.45, 7) is 0. The number of hydrogen-bond acceptors (Lipinski definition) is 1. The highest BCUT2D eigenvalue weighted by atomic mass is 19.3. The van der Waals surface area contributed by atoms with Crippen LogP contribution < -0.4 is 0 Å². The van der Waals surface area contributed by atoms with Crippen LogP contribution in [-0.2, 0) is 4.79 Å². The monoisotopic (exact) mass is 250 g/mol. The summed E-state index contributed by atoms with van der Waals surface area (Å²) in [5.41, 5.74) is 0.394. The molecule has 0 heterocycles. The number of halogens is 2. The number of alkyl halides is 2. The van der Waals surface area contributed by atoms with E-state index in [4.69, 9.17) is 5.11 Å². The molecule has 0 radical (unpaired) electrons. The Labute approximate surface area is 103 Å². The van der Waals surface area contributed by atoms with E-state index in [1.807, 2.05) is 18.2 Å². The fourth-order valence-corrected chi connectivity index (χ4v) is 2.10. The molecule has 0 aliphatic rings. The Kier molecular flexibility index (Phi) is 3.55. The predicted octanol–water partition coefficient (Wildman–Crippen LogP) is 3.66. The molecule has 2 rings (SSSR count). The van der Waals surface area contributed by atoms with Gasteiger partial charge in [0.1, 0.15) is 0 Å². The molecular weight excluding hydrogens is 238 g/mol. The molecule has 18 heavy (non-hydrogen) atoms. The van der Waals surface area contributed by atoms with E-state index in [0.717, 1.165) is 5.39 Å². The standard InChI is InChI=1S/C14H12F2O2/c15-14(16)12(8-13(17)18)11-7-3-5-9-4-1-2-6-10(9)11/h1-7,12,14H,8H2,(H,17,18). The zero-order chi connectivity index (χ0) is 13.1. The maximum absolute atomic E-state index is 13.0. The molecule has 1 atom stereocenters. The molecule has 1 unspecified atom stereocenters. The molecule has 0 amide bonds. The minimum absolute atomic E-state index is 0.394. The number of carbonyl (C=O) groups is 1. The average Bonchev–Trinajstić information content (AvgIpc) is 2.35. The van der Waals surface area contributed by atoms with Crippen LogP contribution in [0.4, 0.5) is 8.78 Å². The lowest BCUT2D eigenvalue weighted by Gasteiger charge is -2.16. The van der Waals surface area contributed by atoms with Crippen molar-refractivity contribution in [2.45, 2.75) is 18.8 Å². The highest BCUT2D eigenvalue weighted by Crippen LogP contribution is 2.32. The van der Waals surface area contributed by atoms with E-state index < -0.39 is 24.7 Å². The molecule has 0 fully saturated rings. The van der Waals surface area contributed by atoms with Crippen molar-refractivity contribution >= 4 is 16.7 Å². The van der Waals surface area contributed by atoms with Crippen LogP contribution in [0.1, 0.15) is 17.9 Å². The predicted molar refractivity (Wildman–Crippen MR) is 64.9 cm³/mol. The minimum Gasteiger partial charge on any atom is -0.481 e. The number of benzene rings is 2. The van der Waals surface area contributed by atoms with E-state index in [0.29, 0.717) is 10.9 Å². The number of aliphatic carboxylic acids is 1. The van der Waals surface area contributed by atoms with Crippen LogP contribution in [0.2, 0.25) is 0 Å². The van der Waals surface area contributed by atoms with Crippen molar-refractivity contribution in [2.75, 3.05) is 0 Å². The summed E-state index contributed by atoms with van der Waals surface area (Å²) in [7, 11) is 0. The fraction of sp³-hybridized carbons (Fsp3) is 0.214. The molecule has 0 aliphatic carbocycles. The van der Waals surface area contributed by atoms with Gasteiger partial charge in [0.2, 0.25) is 6.43 Å². The Morgan fingerprint density at radius 2 is 1.78 bits per heavy atom. The summed E-state index contributed by atoms with van der Waals surface area (Å²) >= 11 is 0. The molecule has 0 bridgehead atoms. The van der Waals surface area contributed by atoms with E-state index in [-0.39, 0.29) is 0 Å². The van der Waals surface area contributed by atoms with Gasteiger partial charge in [-0.2, -0.15) is 0 Å². The zero-order valence-electron chi connectivity index (χ0n) is 9.51. The summed E-state index contributed by atoms with van der Waals surface area (Å²) in [6, 6.07) is 12.2. The van der Waals surface area contributed by atoms with Crippen LogP contribution >= 0.6 is 0 Å². The topological polar surface area (TPSA) is 37.3 Å². The Morgan fingerprint density at radius 1 is 1.11 bits per heavy atom. The first-order chi connectivity index (χ1) is 8.59. The van der Waals surface area contributed by atoms with Gasteiger partial charge in [0.05, 0.1) is 12.3 Å². The Bertz CT molecular complexity index is 561. The number of hydrogen-bond donors (Lipinski definition) is 1. The van der Waals surface area contributed by atoms with Crippen LogP contribution in [0.5, 0.6) is 0 Å². The van der Waals surface area contributed by atoms with E-state index in [1.54, 1.807) is 24.3 Å². The smallest absolute Gasteiger partial charge is 0.304 e. The third kappa shape index (κ3) is 2.47. The summed E-state index contributed by atoms with van der Waals surface area (Å²) in [4.78, 5) is 10.7. The molecule has 2 aromatic rings. The molecule has 1 N–H and O–H groups in total. The molecule has 0 spiro atoms. The molecule has 2 nitrogen and oxygen atoms in total. The lowest BCUT2D eigenvalue weighted by Crippen LogP contribution is -2.14.